The molecule has 3 aliphatic rings. The van der Waals surface area contributed by atoms with Crippen molar-refractivity contribution in [1.82, 2.24) is 5.06 Å². The molecule has 0 amide bonds. The smallest absolute Gasteiger partial charge is 0.133 e. The van der Waals surface area contributed by atoms with Crippen LogP contribution in [0.2, 0.25) is 0 Å². The quantitative estimate of drug-likeness (QED) is 0.671. The largest absolute Gasteiger partial charge is 0.293 e. The van der Waals surface area contributed by atoms with Crippen LogP contribution in [0.3, 0.4) is 0 Å². The maximum atomic E-state index is 9.58. The molecule has 0 aromatic heterocycles. The Bertz CT molecular complexity index is 349. The first-order chi connectivity index (χ1) is 8.18. The van der Waals surface area contributed by atoms with Crippen LogP contribution in [0.5, 0.6) is 0 Å². The van der Waals surface area contributed by atoms with Crippen LogP contribution in [-0.2, 0) is 4.84 Å². The molecule has 1 saturated heterocycles. The van der Waals surface area contributed by atoms with Gasteiger partial charge in [-0.15, -0.1) is 0 Å². The summed E-state index contributed by atoms with van der Waals surface area (Å²) in [5.74, 6) is 0. The molecule has 2 saturated carbocycles. The number of hydroxylamine groups is 2. The molecule has 3 fully saturated rings. The molecule has 4 unspecified atom stereocenters. The first-order valence-corrected chi connectivity index (χ1v) is 8.17. The van der Waals surface area contributed by atoms with Gasteiger partial charge in [0.25, 0.3) is 0 Å². The summed E-state index contributed by atoms with van der Waals surface area (Å²) in [6.07, 6.45) is 6.74. The SMILES string of the molecule is N#CC1(N2OC3CC2C(Br)C3Br)CCCCC1. The van der Waals surface area contributed by atoms with Crippen molar-refractivity contribution in [3.05, 3.63) is 0 Å². The molecule has 17 heavy (non-hydrogen) atoms. The van der Waals surface area contributed by atoms with Crippen LogP contribution < -0.4 is 0 Å². The van der Waals surface area contributed by atoms with E-state index in [0.29, 0.717) is 15.7 Å². The van der Waals surface area contributed by atoms with Crippen LogP contribution in [0, 0.1) is 11.3 Å². The summed E-state index contributed by atoms with van der Waals surface area (Å²) in [6.45, 7) is 0. The highest BCUT2D eigenvalue weighted by atomic mass is 79.9. The van der Waals surface area contributed by atoms with E-state index in [0.717, 1.165) is 32.1 Å². The summed E-state index contributed by atoms with van der Waals surface area (Å²) in [5.41, 5.74) is -0.364. The first kappa shape index (κ1) is 12.4. The Morgan fingerprint density at radius 1 is 1.18 bits per heavy atom. The van der Waals surface area contributed by atoms with E-state index in [9.17, 15) is 5.26 Å². The molecule has 0 aromatic carbocycles. The van der Waals surface area contributed by atoms with Crippen LogP contribution in [0.1, 0.15) is 38.5 Å². The van der Waals surface area contributed by atoms with Crippen molar-refractivity contribution >= 4 is 31.9 Å². The molecule has 5 heteroatoms. The Labute approximate surface area is 119 Å². The monoisotopic (exact) mass is 362 g/mol. The topological polar surface area (TPSA) is 36.3 Å². The summed E-state index contributed by atoms with van der Waals surface area (Å²) < 4.78 is 0. The zero-order valence-corrected chi connectivity index (χ0v) is 12.8. The van der Waals surface area contributed by atoms with Crippen molar-refractivity contribution in [2.24, 2.45) is 0 Å². The summed E-state index contributed by atoms with van der Waals surface area (Å²) in [6, 6.07) is 2.89. The van der Waals surface area contributed by atoms with Crippen molar-refractivity contribution in [2.45, 2.75) is 65.9 Å². The maximum Gasteiger partial charge on any atom is 0.133 e. The number of hydrogen-bond donors (Lipinski definition) is 0. The minimum absolute atomic E-state index is 0.233. The fourth-order valence-corrected chi connectivity index (χ4v) is 4.84. The molecular weight excluding hydrogens is 348 g/mol. The molecular formula is C12H16Br2N2O. The second-order valence-corrected chi connectivity index (χ2v) is 7.48. The molecule has 2 aliphatic carbocycles. The Kier molecular flexibility index (Phi) is 3.27. The minimum Gasteiger partial charge on any atom is -0.293 e. The van der Waals surface area contributed by atoms with Gasteiger partial charge in [0.1, 0.15) is 5.54 Å². The van der Waals surface area contributed by atoms with Gasteiger partial charge in [0.15, 0.2) is 0 Å². The lowest BCUT2D eigenvalue weighted by Gasteiger charge is -2.44. The molecule has 1 aliphatic heterocycles. The minimum atomic E-state index is -0.364. The van der Waals surface area contributed by atoms with Gasteiger partial charge < -0.3 is 0 Å². The van der Waals surface area contributed by atoms with Gasteiger partial charge in [-0.05, 0) is 19.3 Å². The van der Waals surface area contributed by atoms with Crippen molar-refractivity contribution in [1.29, 1.82) is 5.26 Å². The van der Waals surface area contributed by atoms with Crippen LogP contribution >= 0.6 is 31.9 Å². The van der Waals surface area contributed by atoms with E-state index in [1.807, 2.05) is 5.06 Å². The fourth-order valence-electron chi connectivity index (χ4n) is 3.40. The number of hydrogen-bond acceptors (Lipinski definition) is 3. The zero-order chi connectivity index (χ0) is 12.0. The third-order valence-corrected chi connectivity index (χ3v) is 7.41. The van der Waals surface area contributed by atoms with Gasteiger partial charge in [0, 0.05) is 4.83 Å². The lowest BCUT2D eigenvalue weighted by Crippen LogP contribution is -2.56. The molecule has 94 valence electrons. The summed E-state index contributed by atoms with van der Waals surface area (Å²) in [4.78, 5) is 6.79. The molecule has 0 radical (unpaired) electrons. The number of nitriles is 1. The van der Waals surface area contributed by atoms with Gasteiger partial charge in [-0.2, -0.15) is 10.3 Å². The normalized spacial score (nSPS) is 44.8. The number of rotatable bonds is 1. The molecule has 1 heterocycles. The highest BCUT2D eigenvalue weighted by Crippen LogP contribution is 2.48. The molecule has 0 N–H and O–H groups in total. The van der Waals surface area contributed by atoms with E-state index >= 15 is 0 Å². The molecule has 2 bridgehead atoms. The van der Waals surface area contributed by atoms with Gasteiger partial charge in [-0.3, -0.25) is 4.84 Å². The first-order valence-electron chi connectivity index (χ1n) is 6.33. The zero-order valence-electron chi connectivity index (χ0n) is 9.61. The molecule has 4 atom stereocenters. The lowest BCUT2D eigenvalue weighted by atomic mass is 9.82. The van der Waals surface area contributed by atoms with Crippen molar-refractivity contribution < 1.29 is 4.84 Å². The third kappa shape index (κ3) is 1.80. The van der Waals surface area contributed by atoms with Crippen LogP contribution in [0.4, 0.5) is 0 Å². The van der Waals surface area contributed by atoms with E-state index < -0.39 is 0 Å². The number of nitrogens with zero attached hydrogens (tertiary/aromatic N) is 2. The Balaban J connectivity index is 1.83. The van der Waals surface area contributed by atoms with Crippen molar-refractivity contribution in [3.8, 4) is 6.07 Å². The highest BCUT2D eigenvalue weighted by molar-refractivity contribution is 9.12. The Morgan fingerprint density at radius 2 is 1.88 bits per heavy atom. The van der Waals surface area contributed by atoms with Gasteiger partial charge in [0.05, 0.1) is 23.0 Å². The third-order valence-electron chi connectivity index (χ3n) is 4.36. The van der Waals surface area contributed by atoms with E-state index in [-0.39, 0.29) is 11.6 Å². The maximum absolute atomic E-state index is 9.58. The van der Waals surface area contributed by atoms with Crippen molar-refractivity contribution in [2.75, 3.05) is 0 Å². The predicted octanol–water partition coefficient (Wildman–Crippen LogP) is 3.13. The van der Waals surface area contributed by atoms with Gasteiger partial charge in [-0.25, -0.2) is 0 Å². The standard InChI is InChI=1S/C12H16Br2N2O/c13-10-8-6-9(11(10)14)17-16(8)12(7-15)4-2-1-3-5-12/h8-11H,1-6H2. The second-order valence-electron chi connectivity index (χ2n) is 5.37. The molecule has 0 aromatic rings. The average molecular weight is 364 g/mol. The Hall–Kier alpha value is 0.370. The number of alkyl halides is 2. The van der Waals surface area contributed by atoms with Crippen molar-refractivity contribution in [3.63, 3.8) is 0 Å². The summed E-state index contributed by atoms with van der Waals surface area (Å²) in [5, 5.41) is 11.6. The summed E-state index contributed by atoms with van der Waals surface area (Å²) >= 11 is 7.41. The van der Waals surface area contributed by atoms with Gasteiger partial charge >= 0.3 is 0 Å². The molecule has 0 spiro atoms. The predicted molar refractivity (Wildman–Crippen MR) is 72.0 cm³/mol. The number of halogens is 2. The average Bonchev–Trinajstić information content (AvgIpc) is 2.92. The molecule has 3 nitrogen and oxygen atoms in total. The van der Waals surface area contributed by atoms with E-state index in [2.05, 4.69) is 37.9 Å². The van der Waals surface area contributed by atoms with Crippen LogP contribution in [-0.4, -0.2) is 32.4 Å². The van der Waals surface area contributed by atoms with Crippen LogP contribution in [0.15, 0.2) is 0 Å². The van der Waals surface area contributed by atoms with E-state index in [1.165, 1.54) is 6.42 Å². The Morgan fingerprint density at radius 3 is 2.41 bits per heavy atom. The van der Waals surface area contributed by atoms with E-state index in [4.69, 9.17) is 4.84 Å². The van der Waals surface area contributed by atoms with Gasteiger partial charge in [0.2, 0.25) is 0 Å². The van der Waals surface area contributed by atoms with Crippen LogP contribution in [0.25, 0.3) is 0 Å². The lowest BCUT2D eigenvalue weighted by molar-refractivity contribution is -0.231. The van der Waals surface area contributed by atoms with Gasteiger partial charge in [-0.1, -0.05) is 51.1 Å². The fraction of sp³-hybridized carbons (Fsp3) is 0.917. The summed E-state index contributed by atoms with van der Waals surface area (Å²) in [7, 11) is 0. The molecule has 3 rings (SSSR count). The van der Waals surface area contributed by atoms with E-state index in [1.54, 1.807) is 0 Å². The second kappa shape index (κ2) is 4.48. The highest BCUT2D eigenvalue weighted by Gasteiger charge is 2.57. The number of fused-ring (bicyclic) bond motifs is 2.